The van der Waals surface area contributed by atoms with E-state index in [1.54, 1.807) is 0 Å². The molecular weight excluding hydrogens is 221 g/mol. The number of nitrogens with one attached hydrogen (secondary N) is 1. The Bertz CT molecular complexity index is 473. The van der Waals surface area contributed by atoms with Gasteiger partial charge in [0.1, 0.15) is 11.6 Å². The Morgan fingerprint density at radius 3 is 3.06 bits per heavy atom. The highest BCUT2D eigenvalue weighted by Gasteiger charge is 2.27. The summed E-state index contributed by atoms with van der Waals surface area (Å²) in [6.07, 6.45) is 2.28. The first-order valence-corrected chi connectivity index (χ1v) is 5.96. The zero-order valence-corrected chi connectivity index (χ0v) is 9.46. The van der Waals surface area contributed by atoms with Crippen LogP contribution < -0.4 is 10.1 Å². The molecule has 1 atom stereocenters. The fraction of sp³-hybridized carbons (Fsp3) is 0.462. The minimum absolute atomic E-state index is 0.00312. The van der Waals surface area contributed by atoms with Crippen LogP contribution in [0.3, 0.4) is 0 Å². The lowest BCUT2D eigenvalue weighted by molar-refractivity contribution is -0.119. The first kappa shape index (κ1) is 10.6. The van der Waals surface area contributed by atoms with Gasteiger partial charge in [-0.1, -0.05) is 0 Å². The van der Waals surface area contributed by atoms with Crippen LogP contribution >= 0.6 is 0 Å². The minimum atomic E-state index is -0.257. The summed E-state index contributed by atoms with van der Waals surface area (Å²) < 4.78 is 19.4. The highest BCUT2D eigenvalue weighted by molar-refractivity contribution is 5.79. The fourth-order valence-corrected chi connectivity index (χ4v) is 2.53. The SMILES string of the molecule is O=C1CC(c2cc3c(cc2F)OCCC3)CN1. The molecule has 1 N–H and O–H groups in total. The fourth-order valence-electron chi connectivity index (χ4n) is 2.53. The van der Waals surface area contributed by atoms with Gasteiger partial charge >= 0.3 is 0 Å². The van der Waals surface area contributed by atoms with Crippen molar-refractivity contribution >= 4 is 5.91 Å². The molecule has 3 nitrogen and oxygen atoms in total. The molecule has 1 aromatic carbocycles. The maximum absolute atomic E-state index is 13.9. The van der Waals surface area contributed by atoms with Gasteiger partial charge in [-0.3, -0.25) is 4.79 Å². The van der Waals surface area contributed by atoms with Crippen molar-refractivity contribution in [1.29, 1.82) is 0 Å². The number of halogens is 1. The van der Waals surface area contributed by atoms with Crippen LogP contribution in [0.4, 0.5) is 4.39 Å². The highest BCUT2D eigenvalue weighted by atomic mass is 19.1. The van der Waals surface area contributed by atoms with E-state index in [4.69, 9.17) is 4.74 Å². The number of hydrogen-bond donors (Lipinski definition) is 1. The predicted octanol–water partition coefficient (Wildman–Crippen LogP) is 1.75. The molecule has 2 aliphatic rings. The first-order valence-electron chi connectivity index (χ1n) is 5.96. The van der Waals surface area contributed by atoms with E-state index in [0.717, 1.165) is 18.4 Å². The van der Waals surface area contributed by atoms with Gasteiger partial charge in [0, 0.05) is 24.9 Å². The third-order valence-electron chi connectivity index (χ3n) is 3.45. The van der Waals surface area contributed by atoms with Crippen LogP contribution in [0, 0.1) is 5.82 Å². The van der Waals surface area contributed by atoms with Crippen molar-refractivity contribution in [3.05, 3.63) is 29.1 Å². The zero-order valence-electron chi connectivity index (χ0n) is 9.46. The average molecular weight is 235 g/mol. The summed E-state index contributed by atoms with van der Waals surface area (Å²) in [7, 11) is 0. The molecule has 0 aromatic heterocycles. The molecule has 1 saturated heterocycles. The van der Waals surface area contributed by atoms with Crippen LogP contribution in [0.1, 0.15) is 29.9 Å². The van der Waals surface area contributed by atoms with E-state index in [9.17, 15) is 9.18 Å². The molecule has 0 spiro atoms. The predicted molar refractivity (Wildman–Crippen MR) is 60.6 cm³/mol. The monoisotopic (exact) mass is 235 g/mol. The molecule has 0 bridgehead atoms. The van der Waals surface area contributed by atoms with Crippen LogP contribution in [-0.4, -0.2) is 19.1 Å². The molecule has 0 aliphatic carbocycles. The average Bonchev–Trinajstić information content (AvgIpc) is 2.75. The van der Waals surface area contributed by atoms with Crippen molar-refractivity contribution in [2.45, 2.75) is 25.2 Å². The minimum Gasteiger partial charge on any atom is -0.493 e. The van der Waals surface area contributed by atoms with E-state index in [-0.39, 0.29) is 17.6 Å². The van der Waals surface area contributed by atoms with Crippen LogP contribution in [0.5, 0.6) is 5.75 Å². The van der Waals surface area contributed by atoms with Gasteiger partial charge < -0.3 is 10.1 Å². The molecule has 0 saturated carbocycles. The summed E-state index contributed by atoms with van der Waals surface area (Å²) in [5.41, 5.74) is 1.71. The second kappa shape index (κ2) is 4.02. The van der Waals surface area contributed by atoms with Crippen molar-refractivity contribution < 1.29 is 13.9 Å². The molecule has 1 amide bonds. The van der Waals surface area contributed by atoms with Gasteiger partial charge in [-0.05, 0) is 30.0 Å². The Morgan fingerprint density at radius 2 is 2.29 bits per heavy atom. The van der Waals surface area contributed by atoms with Gasteiger partial charge in [-0.25, -0.2) is 4.39 Å². The lowest BCUT2D eigenvalue weighted by atomic mass is 9.93. The number of fused-ring (bicyclic) bond motifs is 1. The third-order valence-corrected chi connectivity index (χ3v) is 3.45. The molecule has 3 rings (SSSR count). The van der Waals surface area contributed by atoms with Gasteiger partial charge in [-0.15, -0.1) is 0 Å². The quantitative estimate of drug-likeness (QED) is 0.805. The number of amides is 1. The maximum Gasteiger partial charge on any atom is 0.220 e. The molecule has 4 heteroatoms. The summed E-state index contributed by atoms with van der Waals surface area (Å²) in [5.74, 6) is 0.375. The van der Waals surface area contributed by atoms with Gasteiger partial charge in [0.15, 0.2) is 0 Å². The summed E-state index contributed by atoms with van der Waals surface area (Å²) in [5, 5.41) is 2.74. The molecule has 0 radical (unpaired) electrons. The van der Waals surface area contributed by atoms with Gasteiger partial charge in [0.2, 0.25) is 5.91 Å². The van der Waals surface area contributed by atoms with E-state index in [1.165, 1.54) is 6.07 Å². The highest BCUT2D eigenvalue weighted by Crippen LogP contribution is 2.33. The summed E-state index contributed by atoms with van der Waals surface area (Å²) >= 11 is 0. The van der Waals surface area contributed by atoms with Crippen molar-refractivity contribution in [3.63, 3.8) is 0 Å². The summed E-state index contributed by atoms with van der Waals surface area (Å²) in [6.45, 7) is 1.20. The lowest BCUT2D eigenvalue weighted by Crippen LogP contribution is -2.14. The molecule has 1 aromatic rings. The Hall–Kier alpha value is -1.58. The Kier molecular flexibility index (Phi) is 2.50. The van der Waals surface area contributed by atoms with Gasteiger partial charge in [0.05, 0.1) is 6.61 Å². The van der Waals surface area contributed by atoms with Crippen LogP contribution in [0.2, 0.25) is 0 Å². The number of carbonyl (C=O) groups is 1. The normalized spacial score (nSPS) is 22.9. The molecule has 2 aliphatic heterocycles. The van der Waals surface area contributed by atoms with E-state index < -0.39 is 0 Å². The molecule has 1 unspecified atom stereocenters. The largest absolute Gasteiger partial charge is 0.493 e. The molecule has 90 valence electrons. The standard InChI is InChI=1S/C13H14FNO2/c14-11-6-12-8(2-1-3-17-12)4-10(11)9-5-13(16)15-7-9/h4,6,9H,1-3,5,7H2,(H,15,16). The summed E-state index contributed by atoms with van der Waals surface area (Å²) in [6, 6.07) is 3.33. The third kappa shape index (κ3) is 1.88. The number of carbonyl (C=O) groups excluding carboxylic acids is 1. The lowest BCUT2D eigenvalue weighted by Gasteiger charge is -2.20. The van der Waals surface area contributed by atoms with E-state index in [2.05, 4.69) is 5.32 Å². The molecular formula is C13H14FNO2. The molecule has 1 fully saturated rings. The van der Waals surface area contributed by atoms with Crippen LogP contribution in [0.25, 0.3) is 0 Å². The van der Waals surface area contributed by atoms with Crippen molar-refractivity contribution in [2.75, 3.05) is 13.2 Å². The van der Waals surface area contributed by atoms with E-state index in [0.29, 0.717) is 30.9 Å². The van der Waals surface area contributed by atoms with Gasteiger partial charge in [-0.2, -0.15) is 0 Å². The maximum atomic E-state index is 13.9. The number of benzene rings is 1. The number of rotatable bonds is 1. The zero-order chi connectivity index (χ0) is 11.8. The van der Waals surface area contributed by atoms with Crippen molar-refractivity contribution in [1.82, 2.24) is 5.32 Å². The van der Waals surface area contributed by atoms with Crippen molar-refractivity contribution in [2.24, 2.45) is 0 Å². The van der Waals surface area contributed by atoms with Crippen LogP contribution in [-0.2, 0) is 11.2 Å². The second-order valence-electron chi connectivity index (χ2n) is 4.64. The van der Waals surface area contributed by atoms with Crippen LogP contribution in [0.15, 0.2) is 12.1 Å². The molecule has 2 heterocycles. The number of aryl methyl sites for hydroxylation is 1. The van der Waals surface area contributed by atoms with E-state index in [1.807, 2.05) is 6.07 Å². The summed E-state index contributed by atoms with van der Waals surface area (Å²) in [4.78, 5) is 11.2. The second-order valence-corrected chi connectivity index (χ2v) is 4.64. The van der Waals surface area contributed by atoms with Gasteiger partial charge in [0.25, 0.3) is 0 Å². The van der Waals surface area contributed by atoms with E-state index >= 15 is 0 Å². The topological polar surface area (TPSA) is 38.3 Å². The number of hydrogen-bond acceptors (Lipinski definition) is 2. The van der Waals surface area contributed by atoms with Crippen molar-refractivity contribution in [3.8, 4) is 5.75 Å². The Morgan fingerprint density at radius 1 is 1.41 bits per heavy atom. The number of ether oxygens (including phenoxy) is 1. The smallest absolute Gasteiger partial charge is 0.220 e. The Labute approximate surface area is 99.0 Å². The Balaban J connectivity index is 1.96. The first-order chi connectivity index (χ1) is 8.24. The molecule has 17 heavy (non-hydrogen) atoms.